The predicted octanol–water partition coefficient (Wildman–Crippen LogP) is 2.97. The lowest BCUT2D eigenvalue weighted by Gasteiger charge is -2.36. The Kier molecular flexibility index (Phi) is 5.43. The number of amides is 2. The van der Waals surface area contributed by atoms with Crippen molar-refractivity contribution in [3.05, 3.63) is 66.2 Å². The van der Waals surface area contributed by atoms with Crippen molar-refractivity contribution in [3.63, 3.8) is 0 Å². The Hall–Kier alpha value is -3.55. The lowest BCUT2D eigenvalue weighted by molar-refractivity contribution is 0.193. The monoisotopic (exact) mass is 432 g/mol. The number of nitrogens with one attached hydrogen (secondary N) is 1. The summed E-state index contributed by atoms with van der Waals surface area (Å²) in [4.78, 5) is 21.1. The zero-order chi connectivity index (χ0) is 22.1. The van der Waals surface area contributed by atoms with Gasteiger partial charge in [-0.2, -0.15) is 5.10 Å². The minimum absolute atomic E-state index is 0.0440. The van der Waals surface area contributed by atoms with Crippen molar-refractivity contribution >= 4 is 11.7 Å². The molecule has 8 heteroatoms. The maximum Gasteiger partial charge on any atom is 0.317 e. The van der Waals surface area contributed by atoms with Gasteiger partial charge in [0.2, 0.25) is 0 Å². The Labute approximate surface area is 187 Å². The minimum atomic E-state index is 0.0440. The van der Waals surface area contributed by atoms with E-state index in [4.69, 9.17) is 4.74 Å². The zero-order valence-corrected chi connectivity index (χ0v) is 18.4. The van der Waals surface area contributed by atoms with Gasteiger partial charge in [0.1, 0.15) is 23.6 Å². The Bertz CT molecular complexity index is 1090. The average molecular weight is 433 g/mol. The Morgan fingerprint density at radius 1 is 1.09 bits per heavy atom. The normalized spacial score (nSPS) is 20.2. The molecule has 1 aliphatic heterocycles. The number of piperazine rings is 1. The van der Waals surface area contributed by atoms with Crippen molar-refractivity contribution in [1.82, 2.24) is 25.0 Å². The summed E-state index contributed by atoms with van der Waals surface area (Å²) in [6, 6.07) is 16.8. The second-order valence-electron chi connectivity index (χ2n) is 8.38. The van der Waals surface area contributed by atoms with Crippen LogP contribution in [-0.4, -0.2) is 65.0 Å². The molecule has 2 fully saturated rings. The third-order valence-electron chi connectivity index (χ3n) is 6.28. The first-order valence-corrected chi connectivity index (χ1v) is 11.0. The van der Waals surface area contributed by atoms with E-state index >= 15 is 0 Å². The highest BCUT2D eigenvalue weighted by Crippen LogP contribution is 2.40. The summed E-state index contributed by atoms with van der Waals surface area (Å²) in [5.41, 5.74) is 3.24. The van der Waals surface area contributed by atoms with Crippen molar-refractivity contribution in [2.75, 3.05) is 38.2 Å². The van der Waals surface area contributed by atoms with Crippen LogP contribution in [0, 0.1) is 6.92 Å². The van der Waals surface area contributed by atoms with E-state index in [-0.39, 0.29) is 12.1 Å². The van der Waals surface area contributed by atoms with Gasteiger partial charge in [0.25, 0.3) is 0 Å². The molecule has 0 bridgehead atoms. The van der Waals surface area contributed by atoms with Crippen LogP contribution < -0.4 is 15.0 Å². The van der Waals surface area contributed by atoms with Crippen LogP contribution in [0.1, 0.15) is 23.7 Å². The van der Waals surface area contributed by atoms with Gasteiger partial charge in [-0.05, 0) is 31.0 Å². The highest BCUT2D eigenvalue weighted by Gasteiger charge is 2.40. The molecule has 1 unspecified atom stereocenters. The van der Waals surface area contributed by atoms with Gasteiger partial charge in [-0.1, -0.05) is 30.3 Å². The number of methoxy groups -OCH3 is 1. The van der Waals surface area contributed by atoms with Gasteiger partial charge < -0.3 is 19.9 Å². The standard InChI is InChI=1S/C24H28N6O2/c1-17-25-16-30(27-17)22-9-8-19(14-23(22)32-2)28-10-12-29(13-11-28)24(31)26-21-15-20(21)18-6-4-3-5-7-18/h3-9,14,16,20-21H,10-13,15H2,1-2H3,(H,26,31)/t20?,21-/m0/s1. The molecule has 5 rings (SSSR count). The van der Waals surface area contributed by atoms with Crippen molar-refractivity contribution in [2.24, 2.45) is 0 Å². The highest BCUT2D eigenvalue weighted by atomic mass is 16.5. The van der Waals surface area contributed by atoms with Crippen LogP contribution in [0.3, 0.4) is 0 Å². The maximum absolute atomic E-state index is 12.7. The number of hydrogen-bond acceptors (Lipinski definition) is 5. The number of aryl methyl sites for hydroxylation is 1. The van der Waals surface area contributed by atoms with Gasteiger partial charge >= 0.3 is 6.03 Å². The molecular formula is C24H28N6O2. The van der Waals surface area contributed by atoms with E-state index in [0.717, 1.165) is 36.6 Å². The summed E-state index contributed by atoms with van der Waals surface area (Å²) in [6.45, 7) is 4.82. The molecule has 1 N–H and O–H groups in total. The Morgan fingerprint density at radius 2 is 1.88 bits per heavy atom. The van der Waals surface area contributed by atoms with E-state index in [2.05, 4.69) is 50.6 Å². The van der Waals surface area contributed by atoms with E-state index in [1.165, 1.54) is 5.56 Å². The van der Waals surface area contributed by atoms with E-state index in [9.17, 15) is 4.79 Å². The van der Waals surface area contributed by atoms with Crippen molar-refractivity contribution in [3.8, 4) is 11.4 Å². The Morgan fingerprint density at radius 3 is 2.56 bits per heavy atom. The molecule has 2 aromatic carbocycles. The lowest BCUT2D eigenvalue weighted by Crippen LogP contribution is -2.52. The molecule has 1 aliphatic carbocycles. The number of carbonyl (C=O) groups excluding carboxylic acids is 1. The SMILES string of the molecule is COc1cc(N2CCN(C(=O)N[C@H]3CC3c3ccccc3)CC2)ccc1-n1cnc(C)n1. The fourth-order valence-electron chi connectivity index (χ4n) is 4.35. The molecule has 0 radical (unpaired) electrons. The van der Waals surface area contributed by atoms with Crippen molar-refractivity contribution in [1.29, 1.82) is 0 Å². The number of ether oxygens (including phenoxy) is 1. The largest absolute Gasteiger partial charge is 0.494 e. The first kappa shape index (κ1) is 20.4. The molecule has 166 valence electrons. The molecule has 8 nitrogen and oxygen atoms in total. The molecule has 1 saturated carbocycles. The van der Waals surface area contributed by atoms with Crippen molar-refractivity contribution in [2.45, 2.75) is 25.3 Å². The number of benzene rings is 2. The van der Waals surface area contributed by atoms with Gasteiger partial charge in [0, 0.05) is 49.9 Å². The number of hydrogen-bond donors (Lipinski definition) is 1. The number of carbonyl (C=O) groups is 1. The topological polar surface area (TPSA) is 75.5 Å². The summed E-state index contributed by atoms with van der Waals surface area (Å²) < 4.78 is 7.33. The van der Waals surface area contributed by atoms with Crippen LogP contribution in [0.15, 0.2) is 54.9 Å². The molecule has 1 aromatic heterocycles. The lowest BCUT2D eigenvalue weighted by atomic mass is 10.1. The molecule has 32 heavy (non-hydrogen) atoms. The van der Waals surface area contributed by atoms with Crippen LogP contribution in [0.25, 0.3) is 5.69 Å². The highest BCUT2D eigenvalue weighted by molar-refractivity contribution is 5.75. The van der Waals surface area contributed by atoms with Gasteiger partial charge in [-0.15, -0.1) is 0 Å². The van der Waals surface area contributed by atoms with Crippen LogP contribution in [0.5, 0.6) is 5.75 Å². The fraction of sp³-hybridized carbons (Fsp3) is 0.375. The van der Waals surface area contributed by atoms with Crippen LogP contribution in [0.2, 0.25) is 0 Å². The third kappa shape index (κ3) is 4.12. The van der Waals surface area contributed by atoms with E-state index in [0.29, 0.717) is 24.8 Å². The molecule has 2 atom stereocenters. The fourth-order valence-corrected chi connectivity index (χ4v) is 4.35. The first-order chi connectivity index (χ1) is 15.6. The summed E-state index contributed by atoms with van der Waals surface area (Å²) >= 11 is 0. The molecule has 3 aromatic rings. The van der Waals surface area contributed by atoms with Gasteiger partial charge in [-0.25, -0.2) is 14.5 Å². The second kappa shape index (κ2) is 8.53. The third-order valence-corrected chi connectivity index (χ3v) is 6.28. The van der Waals surface area contributed by atoms with Crippen LogP contribution in [-0.2, 0) is 0 Å². The number of anilines is 1. The predicted molar refractivity (Wildman–Crippen MR) is 123 cm³/mol. The summed E-state index contributed by atoms with van der Waals surface area (Å²) in [6.07, 6.45) is 2.71. The summed E-state index contributed by atoms with van der Waals surface area (Å²) in [5, 5.41) is 7.58. The van der Waals surface area contributed by atoms with E-state index in [1.807, 2.05) is 30.0 Å². The van der Waals surface area contributed by atoms with Gasteiger partial charge in [-0.3, -0.25) is 0 Å². The quantitative estimate of drug-likeness (QED) is 0.671. The maximum atomic E-state index is 12.7. The molecule has 2 heterocycles. The molecule has 2 amide bonds. The van der Waals surface area contributed by atoms with Crippen LogP contribution >= 0.6 is 0 Å². The smallest absolute Gasteiger partial charge is 0.317 e. The molecular weight excluding hydrogens is 404 g/mol. The summed E-state index contributed by atoms with van der Waals surface area (Å²) in [7, 11) is 1.66. The zero-order valence-electron chi connectivity index (χ0n) is 18.4. The number of aromatic nitrogens is 3. The molecule has 1 saturated heterocycles. The molecule has 2 aliphatic rings. The Balaban J connectivity index is 1.17. The summed E-state index contributed by atoms with van der Waals surface area (Å²) in [5.74, 6) is 1.90. The van der Waals surface area contributed by atoms with Crippen LogP contribution in [0.4, 0.5) is 10.5 Å². The van der Waals surface area contributed by atoms with Crippen molar-refractivity contribution < 1.29 is 9.53 Å². The molecule has 0 spiro atoms. The van der Waals surface area contributed by atoms with Gasteiger partial charge in [0.15, 0.2) is 0 Å². The van der Waals surface area contributed by atoms with Gasteiger partial charge in [0.05, 0.1) is 7.11 Å². The first-order valence-electron chi connectivity index (χ1n) is 11.0. The van der Waals surface area contributed by atoms with E-state index < -0.39 is 0 Å². The number of nitrogens with zero attached hydrogens (tertiary/aromatic N) is 5. The average Bonchev–Trinajstić information content (AvgIpc) is 3.47. The number of rotatable bonds is 5. The van der Waals surface area contributed by atoms with E-state index in [1.54, 1.807) is 18.1 Å². The minimum Gasteiger partial charge on any atom is -0.494 e. The number of urea groups is 1. The second-order valence-corrected chi connectivity index (χ2v) is 8.38.